The summed E-state index contributed by atoms with van der Waals surface area (Å²) in [4.78, 5) is 24.6. The molecule has 0 saturated heterocycles. The van der Waals surface area contributed by atoms with Crippen LogP contribution in [0.2, 0.25) is 5.02 Å². The first-order valence-electron chi connectivity index (χ1n) is 6.38. The Morgan fingerprint density at radius 3 is 2.73 bits per heavy atom. The zero-order valence-corrected chi connectivity index (χ0v) is 14.3. The van der Waals surface area contributed by atoms with Gasteiger partial charge in [0.25, 0.3) is 5.91 Å². The number of nitrogens with zero attached hydrogens (tertiary/aromatic N) is 1. The predicted molar refractivity (Wildman–Crippen MR) is 89.5 cm³/mol. The number of amides is 1. The summed E-state index contributed by atoms with van der Waals surface area (Å²) in [6.45, 7) is 1.95. The highest BCUT2D eigenvalue weighted by Gasteiger charge is 2.21. The summed E-state index contributed by atoms with van der Waals surface area (Å²) in [7, 11) is 1.67. The van der Waals surface area contributed by atoms with Crippen LogP contribution >= 0.6 is 35.2 Å². The van der Waals surface area contributed by atoms with Gasteiger partial charge in [-0.15, -0.1) is 0 Å². The first-order chi connectivity index (χ1) is 10.5. The van der Waals surface area contributed by atoms with E-state index < -0.39 is 11.9 Å². The fourth-order valence-electron chi connectivity index (χ4n) is 1.74. The van der Waals surface area contributed by atoms with Crippen LogP contribution in [0.15, 0.2) is 24.3 Å². The molecule has 8 heteroatoms. The lowest BCUT2D eigenvalue weighted by Crippen LogP contribution is -2.17. The molecule has 116 valence electrons. The van der Waals surface area contributed by atoms with Crippen LogP contribution in [0.4, 0.5) is 5.82 Å². The second-order valence-electron chi connectivity index (χ2n) is 4.26. The lowest BCUT2D eigenvalue weighted by molar-refractivity contribution is 0.0533. The van der Waals surface area contributed by atoms with Gasteiger partial charge in [0.15, 0.2) is 8.83 Å². The van der Waals surface area contributed by atoms with E-state index in [9.17, 15) is 9.59 Å². The van der Waals surface area contributed by atoms with E-state index in [-0.39, 0.29) is 11.5 Å². The molecule has 0 aliphatic carbocycles. The number of esters is 1. The number of ether oxygens (including phenoxy) is 1. The molecule has 0 atom stereocenters. The van der Waals surface area contributed by atoms with Crippen LogP contribution in [0.1, 0.15) is 27.0 Å². The maximum absolute atomic E-state index is 12.3. The van der Waals surface area contributed by atoms with Gasteiger partial charge in [0.1, 0.15) is 5.82 Å². The van der Waals surface area contributed by atoms with Gasteiger partial charge in [0, 0.05) is 7.05 Å². The van der Waals surface area contributed by atoms with Gasteiger partial charge in [-0.1, -0.05) is 35.1 Å². The maximum Gasteiger partial charge on any atom is 0.352 e. The average molecular weight is 357 g/mol. The summed E-state index contributed by atoms with van der Waals surface area (Å²) >= 11 is 12.2. The van der Waals surface area contributed by atoms with Gasteiger partial charge in [0.05, 0.1) is 17.2 Å². The van der Waals surface area contributed by atoms with Crippen LogP contribution in [0, 0.1) is 3.95 Å². The number of carbonyl (C=O) groups is 2. The Morgan fingerprint density at radius 2 is 2.09 bits per heavy atom. The first kappa shape index (κ1) is 16.7. The van der Waals surface area contributed by atoms with E-state index in [1.165, 1.54) is 0 Å². The van der Waals surface area contributed by atoms with E-state index >= 15 is 0 Å². The summed E-state index contributed by atoms with van der Waals surface area (Å²) in [6.07, 6.45) is 0. The number of hydrogen-bond donors (Lipinski definition) is 1. The Hall–Kier alpha value is -1.70. The lowest BCUT2D eigenvalue weighted by Gasteiger charge is -2.09. The zero-order valence-electron chi connectivity index (χ0n) is 11.9. The Morgan fingerprint density at radius 1 is 1.41 bits per heavy atom. The van der Waals surface area contributed by atoms with Gasteiger partial charge >= 0.3 is 5.97 Å². The van der Waals surface area contributed by atoms with Gasteiger partial charge < -0.3 is 14.6 Å². The Labute approximate surface area is 141 Å². The molecule has 0 aliphatic heterocycles. The van der Waals surface area contributed by atoms with Crippen LogP contribution in [-0.4, -0.2) is 23.1 Å². The minimum Gasteiger partial charge on any atom is -0.462 e. The lowest BCUT2D eigenvalue weighted by atomic mass is 10.2. The molecule has 0 bridgehead atoms. The van der Waals surface area contributed by atoms with Crippen molar-refractivity contribution in [3.05, 3.63) is 43.7 Å². The van der Waals surface area contributed by atoms with Crippen LogP contribution < -0.4 is 5.32 Å². The van der Waals surface area contributed by atoms with Gasteiger partial charge in [-0.3, -0.25) is 4.79 Å². The van der Waals surface area contributed by atoms with Crippen molar-refractivity contribution in [2.24, 2.45) is 7.05 Å². The number of thiazole rings is 1. The van der Waals surface area contributed by atoms with Crippen molar-refractivity contribution in [2.75, 3.05) is 11.9 Å². The molecule has 0 aliphatic rings. The summed E-state index contributed by atoms with van der Waals surface area (Å²) in [5, 5.41) is 3.01. The molecule has 0 saturated carbocycles. The molecule has 1 aromatic heterocycles. The van der Waals surface area contributed by atoms with Gasteiger partial charge in [-0.2, -0.15) is 0 Å². The van der Waals surface area contributed by atoms with Crippen LogP contribution in [0.25, 0.3) is 0 Å². The maximum atomic E-state index is 12.3. The van der Waals surface area contributed by atoms with E-state index in [0.29, 0.717) is 20.4 Å². The highest BCUT2D eigenvalue weighted by Crippen LogP contribution is 2.26. The summed E-state index contributed by atoms with van der Waals surface area (Å²) in [6, 6.07) is 6.66. The first-order valence-corrected chi connectivity index (χ1v) is 7.98. The molecule has 2 aromatic rings. The normalized spacial score (nSPS) is 10.3. The number of carbonyl (C=O) groups excluding carboxylic acids is 2. The van der Waals surface area contributed by atoms with Crippen molar-refractivity contribution in [1.29, 1.82) is 0 Å². The predicted octanol–water partition coefficient (Wildman–Crippen LogP) is 3.90. The second kappa shape index (κ2) is 7.04. The molecule has 1 heterocycles. The van der Waals surface area contributed by atoms with Crippen LogP contribution in [0.5, 0.6) is 0 Å². The minimum atomic E-state index is -0.520. The smallest absolute Gasteiger partial charge is 0.352 e. The summed E-state index contributed by atoms with van der Waals surface area (Å²) < 4.78 is 6.99. The molecule has 1 amide bonds. The zero-order chi connectivity index (χ0) is 16.3. The molecule has 0 spiro atoms. The second-order valence-corrected chi connectivity index (χ2v) is 6.31. The van der Waals surface area contributed by atoms with Crippen LogP contribution in [0.3, 0.4) is 0 Å². The van der Waals surface area contributed by atoms with E-state index in [2.05, 4.69) is 5.32 Å². The standard InChI is InChI=1S/C14H13ClN2O3S2/c1-3-20-13(19)10-11(17(2)14(21)22-10)16-12(18)8-6-4-5-7-9(8)15/h4-7H,3H2,1-2H3,(H,16,18). The molecule has 0 unspecified atom stereocenters. The van der Waals surface area contributed by atoms with E-state index in [1.807, 2.05) is 0 Å². The monoisotopic (exact) mass is 356 g/mol. The third kappa shape index (κ3) is 3.37. The van der Waals surface area contributed by atoms with Gasteiger partial charge in [-0.05, 0) is 31.3 Å². The third-order valence-corrected chi connectivity index (χ3v) is 4.69. The molecule has 0 radical (unpaired) electrons. The molecule has 2 rings (SSSR count). The summed E-state index contributed by atoms with van der Waals surface area (Å²) in [5.41, 5.74) is 0.316. The molecular formula is C14H13ClN2O3S2. The highest BCUT2D eigenvalue weighted by molar-refractivity contribution is 7.73. The van der Waals surface area contributed by atoms with Gasteiger partial charge in [-0.25, -0.2) is 4.79 Å². The minimum absolute atomic E-state index is 0.241. The number of anilines is 1. The number of benzene rings is 1. The van der Waals surface area contributed by atoms with E-state index in [0.717, 1.165) is 11.3 Å². The number of rotatable bonds is 4. The van der Waals surface area contributed by atoms with E-state index in [4.69, 9.17) is 28.6 Å². The topological polar surface area (TPSA) is 60.3 Å². The SMILES string of the molecule is CCOC(=O)c1sc(=S)n(C)c1NC(=O)c1ccccc1Cl. The Kier molecular flexibility index (Phi) is 5.33. The average Bonchev–Trinajstić information content (AvgIpc) is 2.76. The molecule has 1 aromatic carbocycles. The van der Waals surface area contributed by atoms with Crippen molar-refractivity contribution < 1.29 is 14.3 Å². The fraction of sp³-hybridized carbons (Fsp3) is 0.214. The molecule has 1 N–H and O–H groups in total. The molecule has 5 nitrogen and oxygen atoms in total. The Balaban J connectivity index is 2.37. The number of halogens is 1. The van der Waals surface area contributed by atoms with Crippen molar-refractivity contribution in [2.45, 2.75) is 6.92 Å². The highest BCUT2D eigenvalue weighted by atomic mass is 35.5. The summed E-state index contributed by atoms with van der Waals surface area (Å²) in [5.74, 6) is -0.633. The van der Waals surface area contributed by atoms with Crippen molar-refractivity contribution >= 4 is 52.8 Å². The van der Waals surface area contributed by atoms with Crippen molar-refractivity contribution in [3.63, 3.8) is 0 Å². The van der Waals surface area contributed by atoms with Crippen LogP contribution in [-0.2, 0) is 11.8 Å². The third-order valence-electron chi connectivity index (χ3n) is 2.82. The van der Waals surface area contributed by atoms with Crippen molar-refractivity contribution in [1.82, 2.24) is 4.57 Å². The largest absolute Gasteiger partial charge is 0.462 e. The van der Waals surface area contributed by atoms with Gasteiger partial charge in [0.2, 0.25) is 0 Å². The number of hydrogen-bond acceptors (Lipinski definition) is 5. The quantitative estimate of drug-likeness (QED) is 0.666. The fourth-order valence-corrected chi connectivity index (χ4v) is 3.14. The molecule has 0 fully saturated rings. The van der Waals surface area contributed by atoms with Crippen molar-refractivity contribution in [3.8, 4) is 0 Å². The molecular weight excluding hydrogens is 344 g/mol. The number of aromatic nitrogens is 1. The van der Waals surface area contributed by atoms with E-state index in [1.54, 1.807) is 42.8 Å². The Bertz CT molecular complexity index is 783. The number of nitrogens with one attached hydrogen (secondary N) is 1. The molecule has 22 heavy (non-hydrogen) atoms.